The lowest BCUT2D eigenvalue weighted by Crippen LogP contribution is -2.10. The average Bonchev–Trinajstić information content (AvgIpc) is 2.63. The summed E-state index contributed by atoms with van der Waals surface area (Å²) in [6, 6.07) is 15.2. The number of ether oxygens (including phenoxy) is 1. The van der Waals surface area contributed by atoms with Gasteiger partial charge in [0.1, 0.15) is 11.5 Å². The molecule has 0 bridgehead atoms. The Balaban J connectivity index is 1.79. The molecule has 0 radical (unpaired) electrons. The van der Waals surface area contributed by atoms with Crippen LogP contribution in [0.5, 0.6) is 11.5 Å². The molecule has 0 unspecified atom stereocenters. The van der Waals surface area contributed by atoms with Gasteiger partial charge in [-0.15, -0.1) is 0 Å². The van der Waals surface area contributed by atoms with Crippen molar-refractivity contribution >= 4 is 12.2 Å². The van der Waals surface area contributed by atoms with Gasteiger partial charge in [0, 0.05) is 11.6 Å². The van der Waals surface area contributed by atoms with Crippen LogP contribution < -0.4 is 15.7 Å². The van der Waals surface area contributed by atoms with Crippen molar-refractivity contribution in [3.63, 3.8) is 0 Å². The van der Waals surface area contributed by atoms with E-state index in [1.165, 1.54) is 6.07 Å². The minimum absolute atomic E-state index is 0.184. The van der Waals surface area contributed by atoms with Crippen LogP contribution >= 0.6 is 0 Å². The highest BCUT2D eigenvalue weighted by Gasteiger charge is 2.04. The number of H-pyrrole nitrogens is 1. The molecule has 0 aliphatic rings. The molecule has 1 aromatic heterocycles. The van der Waals surface area contributed by atoms with E-state index in [-0.39, 0.29) is 17.3 Å². The fraction of sp³-hybridized carbons (Fsp3) is 0.0556. The first-order valence-electron chi connectivity index (χ1n) is 7.48. The van der Waals surface area contributed by atoms with E-state index >= 15 is 0 Å². The molecule has 0 amide bonds. The SMILES string of the molecule is COc1ccc(-c2cc(=O)[nH]c(N/N=C\c3ccc(O)cc3)n2)cc1. The number of aromatic amines is 1. The summed E-state index contributed by atoms with van der Waals surface area (Å²) in [5.41, 5.74) is 4.51. The smallest absolute Gasteiger partial charge is 0.252 e. The number of aromatic hydroxyl groups is 1. The van der Waals surface area contributed by atoms with E-state index in [1.54, 1.807) is 49.7 Å². The maximum atomic E-state index is 11.8. The maximum Gasteiger partial charge on any atom is 0.252 e. The predicted molar refractivity (Wildman–Crippen MR) is 96.2 cm³/mol. The normalized spacial score (nSPS) is 10.8. The third-order valence-corrected chi connectivity index (χ3v) is 3.40. The standard InChI is InChI=1S/C18H16N4O3/c1-25-15-8-4-13(5-9-15)16-10-17(24)21-18(20-16)22-19-11-12-2-6-14(23)7-3-12/h2-11,23H,1H3,(H2,20,21,22,24)/b19-11-. The molecule has 3 N–H and O–H groups in total. The Labute approximate surface area is 143 Å². The molecule has 0 saturated heterocycles. The Bertz CT molecular complexity index is 932. The third kappa shape index (κ3) is 4.23. The topological polar surface area (TPSA) is 99.6 Å². The fourth-order valence-corrected chi connectivity index (χ4v) is 2.15. The van der Waals surface area contributed by atoms with Gasteiger partial charge in [-0.3, -0.25) is 9.78 Å². The molecule has 0 atom stereocenters. The van der Waals surface area contributed by atoms with Gasteiger partial charge in [-0.1, -0.05) is 0 Å². The average molecular weight is 336 g/mol. The van der Waals surface area contributed by atoms with Gasteiger partial charge in [0.2, 0.25) is 5.95 Å². The van der Waals surface area contributed by atoms with E-state index < -0.39 is 0 Å². The summed E-state index contributed by atoms with van der Waals surface area (Å²) in [5.74, 6) is 1.14. The number of hydrazone groups is 1. The Morgan fingerprint density at radius 3 is 2.56 bits per heavy atom. The summed E-state index contributed by atoms with van der Waals surface area (Å²) in [4.78, 5) is 18.8. The molecular formula is C18H16N4O3. The van der Waals surface area contributed by atoms with Crippen molar-refractivity contribution in [1.29, 1.82) is 0 Å². The zero-order chi connectivity index (χ0) is 17.6. The summed E-state index contributed by atoms with van der Waals surface area (Å²) >= 11 is 0. The minimum atomic E-state index is -0.289. The van der Waals surface area contributed by atoms with Gasteiger partial charge in [0.15, 0.2) is 0 Å². The number of phenolic OH excluding ortho intramolecular Hbond substituents is 1. The molecule has 3 rings (SSSR count). The van der Waals surface area contributed by atoms with Crippen molar-refractivity contribution in [2.45, 2.75) is 0 Å². The van der Waals surface area contributed by atoms with Gasteiger partial charge in [0.05, 0.1) is 19.0 Å². The van der Waals surface area contributed by atoms with Gasteiger partial charge in [-0.05, 0) is 54.1 Å². The summed E-state index contributed by atoms with van der Waals surface area (Å²) in [5, 5.41) is 13.3. The molecule has 2 aromatic carbocycles. The van der Waals surface area contributed by atoms with Gasteiger partial charge >= 0.3 is 0 Å². The van der Waals surface area contributed by atoms with Crippen molar-refractivity contribution in [3.05, 3.63) is 70.5 Å². The lowest BCUT2D eigenvalue weighted by atomic mass is 10.1. The number of methoxy groups -OCH3 is 1. The van der Waals surface area contributed by atoms with E-state index in [9.17, 15) is 9.90 Å². The van der Waals surface area contributed by atoms with E-state index in [0.29, 0.717) is 5.69 Å². The zero-order valence-electron chi connectivity index (χ0n) is 13.4. The summed E-state index contributed by atoms with van der Waals surface area (Å²) in [6.45, 7) is 0. The first-order chi connectivity index (χ1) is 12.1. The van der Waals surface area contributed by atoms with Crippen molar-refractivity contribution in [1.82, 2.24) is 9.97 Å². The van der Waals surface area contributed by atoms with Crippen molar-refractivity contribution < 1.29 is 9.84 Å². The van der Waals surface area contributed by atoms with Crippen molar-refractivity contribution in [3.8, 4) is 22.8 Å². The van der Waals surface area contributed by atoms with E-state index in [1.807, 2.05) is 12.1 Å². The number of nitrogens with zero attached hydrogens (tertiary/aromatic N) is 2. The largest absolute Gasteiger partial charge is 0.508 e. The minimum Gasteiger partial charge on any atom is -0.508 e. The Kier molecular flexibility index (Phi) is 4.75. The molecule has 0 aliphatic carbocycles. The molecule has 0 spiro atoms. The molecule has 7 nitrogen and oxygen atoms in total. The van der Waals surface area contributed by atoms with Crippen LogP contribution in [0.2, 0.25) is 0 Å². The van der Waals surface area contributed by atoms with E-state index in [0.717, 1.165) is 16.9 Å². The molecule has 0 aliphatic heterocycles. The molecule has 1 heterocycles. The van der Waals surface area contributed by atoms with E-state index in [4.69, 9.17) is 4.74 Å². The highest BCUT2D eigenvalue weighted by Crippen LogP contribution is 2.20. The van der Waals surface area contributed by atoms with Crippen molar-refractivity contribution in [2.24, 2.45) is 5.10 Å². The zero-order valence-corrected chi connectivity index (χ0v) is 13.4. The fourth-order valence-electron chi connectivity index (χ4n) is 2.15. The Morgan fingerprint density at radius 2 is 1.88 bits per heavy atom. The number of nitrogens with one attached hydrogen (secondary N) is 2. The predicted octanol–water partition coefficient (Wildman–Crippen LogP) is 2.60. The summed E-state index contributed by atoms with van der Waals surface area (Å²) in [6.07, 6.45) is 1.56. The number of rotatable bonds is 5. The second kappa shape index (κ2) is 7.31. The first kappa shape index (κ1) is 16.3. The van der Waals surface area contributed by atoms with Gasteiger partial charge in [0.25, 0.3) is 5.56 Å². The molecule has 0 saturated carbocycles. The number of anilines is 1. The summed E-state index contributed by atoms with van der Waals surface area (Å²) < 4.78 is 5.12. The second-order valence-electron chi connectivity index (χ2n) is 5.17. The molecule has 25 heavy (non-hydrogen) atoms. The lowest BCUT2D eigenvalue weighted by molar-refractivity contribution is 0.415. The van der Waals surface area contributed by atoms with Gasteiger partial charge in [-0.2, -0.15) is 5.10 Å². The highest BCUT2D eigenvalue weighted by molar-refractivity contribution is 5.80. The third-order valence-electron chi connectivity index (χ3n) is 3.40. The van der Waals surface area contributed by atoms with Crippen LogP contribution in [0.15, 0.2) is 64.5 Å². The van der Waals surface area contributed by atoms with Gasteiger partial charge < -0.3 is 9.84 Å². The number of hydrogen-bond acceptors (Lipinski definition) is 6. The summed E-state index contributed by atoms with van der Waals surface area (Å²) in [7, 11) is 1.59. The number of benzene rings is 2. The number of phenols is 1. The maximum absolute atomic E-state index is 11.8. The van der Waals surface area contributed by atoms with Crippen LogP contribution in [0.4, 0.5) is 5.95 Å². The molecule has 0 fully saturated rings. The second-order valence-corrected chi connectivity index (χ2v) is 5.17. The molecule has 3 aromatic rings. The van der Waals surface area contributed by atoms with Crippen LogP contribution in [0, 0.1) is 0 Å². The van der Waals surface area contributed by atoms with Gasteiger partial charge in [-0.25, -0.2) is 10.4 Å². The highest BCUT2D eigenvalue weighted by atomic mass is 16.5. The number of hydrogen-bond donors (Lipinski definition) is 3. The Hall–Kier alpha value is -3.61. The molecule has 7 heteroatoms. The Morgan fingerprint density at radius 1 is 1.16 bits per heavy atom. The van der Waals surface area contributed by atoms with Crippen LogP contribution in [-0.4, -0.2) is 28.4 Å². The lowest BCUT2D eigenvalue weighted by Gasteiger charge is -2.05. The first-order valence-corrected chi connectivity index (χ1v) is 7.48. The number of aromatic nitrogens is 2. The van der Waals surface area contributed by atoms with Crippen LogP contribution in [0.25, 0.3) is 11.3 Å². The molecule has 126 valence electrons. The monoisotopic (exact) mass is 336 g/mol. The van der Waals surface area contributed by atoms with Crippen LogP contribution in [-0.2, 0) is 0 Å². The van der Waals surface area contributed by atoms with E-state index in [2.05, 4.69) is 20.5 Å². The molecular weight excluding hydrogens is 320 g/mol. The van der Waals surface area contributed by atoms with Crippen LogP contribution in [0.1, 0.15) is 5.56 Å². The quantitative estimate of drug-likeness (QED) is 0.491. The van der Waals surface area contributed by atoms with Crippen molar-refractivity contribution in [2.75, 3.05) is 12.5 Å². The van der Waals surface area contributed by atoms with Crippen LogP contribution in [0.3, 0.4) is 0 Å².